The van der Waals surface area contributed by atoms with Crippen LogP contribution >= 0.6 is 15.9 Å². The van der Waals surface area contributed by atoms with E-state index in [1.165, 1.54) is 0 Å². The standard InChI is InChI=1S/C20H24BrN3O3/c1-3-26-15-9-10-19(27-4-2)17(11-15)22-20(25)18-12-16(23-24-18)13-5-7-14(21)8-6-13/h5-11,16,18,23-24H,3-4,12H2,1-2H3,(H,22,25). The quantitative estimate of drug-likeness (QED) is 0.619. The predicted octanol–water partition coefficient (Wildman–Crippen LogP) is 3.79. The normalized spacial score (nSPS) is 18.9. The molecule has 1 aliphatic rings. The first-order valence-electron chi connectivity index (χ1n) is 9.07. The topological polar surface area (TPSA) is 71.6 Å². The molecule has 0 aliphatic carbocycles. The van der Waals surface area contributed by atoms with Crippen LogP contribution < -0.4 is 25.6 Å². The minimum atomic E-state index is -0.344. The van der Waals surface area contributed by atoms with Crippen LogP contribution in [-0.2, 0) is 4.79 Å². The monoisotopic (exact) mass is 433 g/mol. The first-order chi connectivity index (χ1) is 13.1. The Balaban J connectivity index is 1.68. The van der Waals surface area contributed by atoms with E-state index in [4.69, 9.17) is 9.47 Å². The number of hydrazine groups is 1. The Kier molecular flexibility index (Phi) is 6.71. The second kappa shape index (κ2) is 9.21. The van der Waals surface area contributed by atoms with Crippen molar-refractivity contribution < 1.29 is 14.3 Å². The van der Waals surface area contributed by atoms with Gasteiger partial charge >= 0.3 is 0 Å². The Hall–Kier alpha value is -2.09. The lowest BCUT2D eigenvalue weighted by molar-refractivity contribution is -0.117. The number of ether oxygens (including phenoxy) is 2. The van der Waals surface area contributed by atoms with Crippen LogP contribution in [-0.4, -0.2) is 25.2 Å². The Morgan fingerprint density at radius 2 is 1.85 bits per heavy atom. The van der Waals surface area contributed by atoms with Gasteiger partial charge in [-0.1, -0.05) is 28.1 Å². The number of benzene rings is 2. The molecule has 2 aromatic carbocycles. The van der Waals surface area contributed by atoms with E-state index in [2.05, 4.69) is 32.1 Å². The van der Waals surface area contributed by atoms with E-state index in [9.17, 15) is 4.79 Å². The molecule has 2 unspecified atom stereocenters. The number of anilines is 1. The van der Waals surface area contributed by atoms with Gasteiger partial charge in [-0.3, -0.25) is 4.79 Å². The number of hydrogen-bond donors (Lipinski definition) is 3. The van der Waals surface area contributed by atoms with Crippen molar-refractivity contribution in [1.29, 1.82) is 0 Å². The van der Waals surface area contributed by atoms with E-state index in [0.29, 0.717) is 36.8 Å². The van der Waals surface area contributed by atoms with Crippen molar-refractivity contribution in [3.63, 3.8) is 0 Å². The Morgan fingerprint density at radius 1 is 1.11 bits per heavy atom. The second-order valence-electron chi connectivity index (χ2n) is 6.19. The van der Waals surface area contributed by atoms with Crippen molar-refractivity contribution in [2.24, 2.45) is 0 Å². The molecule has 6 nitrogen and oxygen atoms in total. The van der Waals surface area contributed by atoms with E-state index in [-0.39, 0.29) is 18.0 Å². The van der Waals surface area contributed by atoms with Gasteiger partial charge in [-0.15, -0.1) is 0 Å². The minimum absolute atomic E-state index is 0.0787. The lowest BCUT2D eigenvalue weighted by Gasteiger charge is -2.15. The average Bonchev–Trinajstić information content (AvgIpc) is 3.15. The summed E-state index contributed by atoms with van der Waals surface area (Å²) < 4.78 is 12.2. The second-order valence-corrected chi connectivity index (χ2v) is 7.11. The molecule has 2 aromatic rings. The molecule has 27 heavy (non-hydrogen) atoms. The van der Waals surface area contributed by atoms with Gasteiger partial charge in [-0.25, -0.2) is 10.9 Å². The summed E-state index contributed by atoms with van der Waals surface area (Å²) in [6, 6.07) is 13.3. The van der Waals surface area contributed by atoms with E-state index < -0.39 is 0 Å². The lowest BCUT2D eigenvalue weighted by atomic mass is 10.0. The fourth-order valence-corrected chi connectivity index (χ4v) is 3.27. The zero-order valence-electron chi connectivity index (χ0n) is 15.4. The number of amides is 1. The summed E-state index contributed by atoms with van der Waals surface area (Å²) in [5, 5.41) is 2.96. The summed E-state index contributed by atoms with van der Waals surface area (Å²) >= 11 is 3.44. The number of halogens is 1. The highest BCUT2D eigenvalue weighted by Crippen LogP contribution is 2.30. The fraction of sp³-hybridized carbons (Fsp3) is 0.350. The molecule has 0 radical (unpaired) electrons. The van der Waals surface area contributed by atoms with E-state index in [0.717, 1.165) is 10.0 Å². The Labute approximate surface area is 167 Å². The lowest BCUT2D eigenvalue weighted by Crippen LogP contribution is -2.39. The zero-order valence-corrected chi connectivity index (χ0v) is 17.0. The van der Waals surface area contributed by atoms with Crippen LogP contribution in [0.3, 0.4) is 0 Å². The highest BCUT2D eigenvalue weighted by molar-refractivity contribution is 9.10. The molecule has 0 aromatic heterocycles. The third-order valence-corrected chi connectivity index (χ3v) is 4.84. The first kappa shape index (κ1) is 19.7. The van der Waals surface area contributed by atoms with Gasteiger partial charge in [0.1, 0.15) is 17.5 Å². The van der Waals surface area contributed by atoms with Crippen molar-refractivity contribution >= 4 is 27.5 Å². The van der Waals surface area contributed by atoms with Crippen molar-refractivity contribution in [2.75, 3.05) is 18.5 Å². The van der Waals surface area contributed by atoms with Gasteiger partial charge in [0.2, 0.25) is 5.91 Å². The molecule has 3 rings (SSSR count). The average molecular weight is 434 g/mol. The van der Waals surface area contributed by atoms with Gasteiger partial charge in [-0.2, -0.15) is 0 Å². The van der Waals surface area contributed by atoms with Gasteiger partial charge in [-0.05, 0) is 50.1 Å². The van der Waals surface area contributed by atoms with Crippen molar-refractivity contribution in [3.8, 4) is 11.5 Å². The van der Waals surface area contributed by atoms with E-state index >= 15 is 0 Å². The summed E-state index contributed by atoms with van der Waals surface area (Å²) in [7, 11) is 0. The zero-order chi connectivity index (χ0) is 19.2. The third-order valence-electron chi connectivity index (χ3n) is 4.31. The van der Waals surface area contributed by atoms with Crippen molar-refractivity contribution in [2.45, 2.75) is 32.4 Å². The molecule has 7 heteroatoms. The van der Waals surface area contributed by atoms with Crippen LogP contribution in [0.5, 0.6) is 11.5 Å². The van der Waals surface area contributed by atoms with Crippen molar-refractivity contribution in [3.05, 3.63) is 52.5 Å². The highest BCUT2D eigenvalue weighted by Gasteiger charge is 2.30. The highest BCUT2D eigenvalue weighted by atomic mass is 79.9. The van der Waals surface area contributed by atoms with Gasteiger partial charge in [0, 0.05) is 16.6 Å². The van der Waals surface area contributed by atoms with Crippen LogP contribution in [0, 0.1) is 0 Å². The Morgan fingerprint density at radius 3 is 2.56 bits per heavy atom. The van der Waals surface area contributed by atoms with Crippen LogP contribution in [0.4, 0.5) is 5.69 Å². The third kappa shape index (κ3) is 5.00. The summed E-state index contributed by atoms with van der Waals surface area (Å²) in [5.74, 6) is 1.21. The van der Waals surface area contributed by atoms with Gasteiger partial charge in [0.15, 0.2) is 0 Å². The molecule has 0 bridgehead atoms. The molecular weight excluding hydrogens is 410 g/mol. The molecule has 1 amide bonds. The number of carbonyl (C=O) groups excluding carboxylic acids is 1. The van der Waals surface area contributed by atoms with Crippen LogP contribution in [0.1, 0.15) is 31.9 Å². The molecule has 144 valence electrons. The molecule has 1 heterocycles. The summed E-state index contributed by atoms with van der Waals surface area (Å²) in [5.41, 5.74) is 8.03. The van der Waals surface area contributed by atoms with Crippen LogP contribution in [0.15, 0.2) is 46.9 Å². The maximum atomic E-state index is 12.8. The summed E-state index contributed by atoms with van der Waals surface area (Å²) in [6.45, 7) is 4.91. The SMILES string of the molecule is CCOc1ccc(OCC)c(NC(=O)C2CC(c3ccc(Br)cc3)NN2)c1. The maximum Gasteiger partial charge on any atom is 0.243 e. The smallest absolute Gasteiger partial charge is 0.243 e. The number of carbonyl (C=O) groups is 1. The molecule has 0 saturated carbocycles. The number of nitrogens with one attached hydrogen (secondary N) is 3. The minimum Gasteiger partial charge on any atom is -0.494 e. The molecule has 1 fully saturated rings. The van der Waals surface area contributed by atoms with Gasteiger partial charge in [0.25, 0.3) is 0 Å². The molecule has 1 saturated heterocycles. The summed E-state index contributed by atoms with van der Waals surface area (Å²) in [6.07, 6.45) is 0.655. The largest absolute Gasteiger partial charge is 0.494 e. The molecule has 0 spiro atoms. The van der Waals surface area contributed by atoms with Crippen molar-refractivity contribution in [1.82, 2.24) is 10.9 Å². The molecule has 1 aliphatic heterocycles. The van der Waals surface area contributed by atoms with Crippen LogP contribution in [0.25, 0.3) is 0 Å². The first-order valence-corrected chi connectivity index (χ1v) is 9.87. The maximum absolute atomic E-state index is 12.8. The molecule has 2 atom stereocenters. The molecule has 3 N–H and O–H groups in total. The Bertz CT molecular complexity index is 783. The fourth-order valence-electron chi connectivity index (χ4n) is 3.01. The van der Waals surface area contributed by atoms with Gasteiger partial charge < -0.3 is 14.8 Å². The van der Waals surface area contributed by atoms with E-state index in [1.807, 2.05) is 50.2 Å². The number of hydrogen-bond acceptors (Lipinski definition) is 5. The summed E-state index contributed by atoms with van der Waals surface area (Å²) in [4.78, 5) is 12.8. The molecular formula is C20H24BrN3O3. The predicted molar refractivity (Wildman–Crippen MR) is 109 cm³/mol. The van der Waals surface area contributed by atoms with Crippen LogP contribution in [0.2, 0.25) is 0 Å². The number of rotatable bonds is 7. The van der Waals surface area contributed by atoms with Gasteiger partial charge in [0.05, 0.1) is 18.9 Å². The van der Waals surface area contributed by atoms with E-state index in [1.54, 1.807) is 6.07 Å².